The Hall–Kier alpha value is -2.36. The van der Waals surface area contributed by atoms with E-state index in [-0.39, 0.29) is 5.78 Å². The maximum atomic E-state index is 12.2. The van der Waals surface area contributed by atoms with Gasteiger partial charge in [0.2, 0.25) is 0 Å². The van der Waals surface area contributed by atoms with Crippen LogP contribution in [-0.4, -0.2) is 15.6 Å². The third-order valence-corrected chi connectivity index (χ3v) is 3.31. The van der Waals surface area contributed by atoms with Crippen LogP contribution in [0.2, 0.25) is 0 Å². The molecular weight excluding hydrogens is 240 g/mol. The topological polar surface area (TPSA) is 48.0 Å². The molecule has 0 saturated carbocycles. The van der Waals surface area contributed by atoms with E-state index in [2.05, 4.69) is 5.10 Å². The second-order valence-corrected chi connectivity index (χ2v) is 4.51. The molecule has 0 aliphatic rings. The van der Waals surface area contributed by atoms with Gasteiger partial charge in [0.15, 0.2) is 5.78 Å². The monoisotopic (exact) mass is 254 g/mol. The lowest BCUT2D eigenvalue weighted by Gasteiger charge is -2.00. The van der Waals surface area contributed by atoms with Crippen molar-refractivity contribution in [2.75, 3.05) is 0 Å². The number of ketones is 1. The van der Waals surface area contributed by atoms with Crippen LogP contribution in [0.3, 0.4) is 0 Å². The lowest BCUT2D eigenvalue weighted by molar-refractivity contribution is 0.0983. The summed E-state index contributed by atoms with van der Waals surface area (Å²) in [5.41, 5.74) is 2.48. The Bertz CT molecular complexity index is 724. The molecule has 0 bridgehead atoms. The quantitative estimate of drug-likeness (QED) is 0.672. The van der Waals surface area contributed by atoms with Crippen LogP contribution in [0.5, 0.6) is 0 Å². The van der Waals surface area contributed by atoms with Crippen molar-refractivity contribution in [1.29, 1.82) is 0 Å². The minimum absolute atomic E-state index is 0.103. The Kier molecular flexibility index (Phi) is 2.91. The molecule has 0 unspecified atom stereocenters. The number of aromatic nitrogens is 2. The number of hydrogen-bond donors (Lipinski definition) is 0. The Labute approximate surface area is 110 Å². The molecule has 19 heavy (non-hydrogen) atoms. The van der Waals surface area contributed by atoms with Crippen LogP contribution in [0.4, 0.5) is 0 Å². The smallest absolute Gasteiger partial charge is 0.167 e. The first-order chi connectivity index (χ1) is 9.25. The second-order valence-electron chi connectivity index (χ2n) is 4.51. The molecule has 0 aliphatic carbocycles. The zero-order valence-corrected chi connectivity index (χ0v) is 10.7. The summed E-state index contributed by atoms with van der Waals surface area (Å²) < 4.78 is 7.18. The Morgan fingerprint density at radius 1 is 1.32 bits per heavy atom. The first-order valence-corrected chi connectivity index (χ1v) is 6.22. The van der Waals surface area contributed by atoms with Crippen LogP contribution in [0, 0.1) is 0 Å². The van der Waals surface area contributed by atoms with E-state index in [0.29, 0.717) is 18.4 Å². The molecule has 0 saturated heterocycles. The molecule has 0 spiro atoms. The van der Waals surface area contributed by atoms with Crippen molar-refractivity contribution >= 4 is 16.8 Å². The van der Waals surface area contributed by atoms with Crippen molar-refractivity contribution in [2.24, 2.45) is 7.05 Å². The average Bonchev–Trinajstić information content (AvgIpc) is 3.02. The third kappa shape index (κ3) is 2.17. The largest absolute Gasteiger partial charge is 0.464 e. The van der Waals surface area contributed by atoms with Crippen LogP contribution in [0.1, 0.15) is 22.5 Å². The van der Waals surface area contributed by atoms with Gasteiger partial charge >= 0.3 is 0 Å². The van der Waals surface area contributed by atoms with Crippen molar-refractivity contribution in [3.05, 3.63) is 54.0 Å². The second kappa shape index (κ2) is 4.72. The van der Waals surface area contributed by atoms with Crippen LogP contribution < -0.4 is 0 Å². The van der Waals surface area contributed by atoms with E-state index in [1.165, 1.54) is 0 Å². The third-order valence-electron chi connectivity index (χ3n) is 3.31. The maximum absolute atomic E-state index is 12.2. The number of carbonyl (C=O) groups excluding carboxylic acids is 1. The number of aryl methyl sites for hydroxylation is 2. The summed E-state index contributed by atoms with van der Waals surface area (Å²) >= 11 is 0. The number of benzene rings is 1. The molecular formula is C15H14N2O2. The number of carbonyl (C=O) groups is 1. The van der Waals surface area contributed by atoms with Gasteiger partial charge in [0, 0.05) is 30.7 Å². The van der Waals surface area contributed by atoms with Crippen molar-refractivity contribution in [3.8, 4) is 0 Å². The van der Waals surface area contributed by atoms with Gasteiger partial charge in [0.05, 0.1) is 5.56 Å². The number of rotatable bonds is 4. The molecule has 0 amide bonds. The van der Waals surface area contributed by atoms with Gasteiger partial charge in [-0.25, -0.2) is 0 Å². The molecule has 3 aromatic rings. The van der Waals surface area contributed by atoms with Gasteiger partial charge in [-0.05, 0) is 18.6 Å². The number of Topliss-reactive ketones (excluding diaryl/α,β-unsaturated/α-hetero) is 1. The molecule has 0 aliphatic heterocycles. The Morgan fingerprint density at radius 3 is 2.95 bits per heavy atom. The van der Waals surface area contributed by atoms with Gasteiger partial charge in [-0.2, -0.15) is 5.10 Å². The molecule has 2 aromatic heterocycles. The SMILES string of the molecule is Cn1nccc1CCC(=O)c1coc2ccccc12. The van der Waals surface area contributed by atoms with Gasteiger partial charge in [0.1, 0.15) is 11.8 Å². The summed E-state index contributed by atoms with van der Waals surface area (Å²) in [6, 6.07) is 9.52. The molecule has 3 rings (SSSR count). The molecule has 0 fully saturated rings. The molecule has 0 radical (unpaired) electrons. The predicted octanol–water partition coefficient (Wildman–Crippen LogP) is 2.98. The zero-order chi connectivity index (χ0) is 13.2. The highest BCUT2D eigenvalue weighted by molar-refractivity contribution is 6.07. The van der Waals surface area contributed by atoms with Crippen molar-refractivity contribution in [1.82, 2.24) is 9.78 Å². The van der Waals surface area contributed by atoms with E-state index < -0.39 is 0 Å². The summed E-state index contributed by atoms with van der Waals surface area (Å²) in [5.74, 6) is 0.103. The van der Waals surface area contributed by atoms with Crippen molar-refractivity contribution < 1.29 is 9.21 Å². The minimum atomic E-state index is 0.103. The standard InChI is InChI=1S/C15H14N2O2/c1-17-11(8-9-16-17)6-7-14(18)13-10-19-15-5-3-2-4-12(13)15/h2-5,8-10H,6-7H2,1H3. The predicted molar refractivity (Wildman–Crippen MR) is 72.1 cm³/mol. The van der Waals surface area contributed by atoms with Gasteiger partial charge in [-0.15, -0.1) is 0 Å². The van der Waals surface area contributed by atoms with Gasteiger partial charge in [-0.3, -0.25) is 9.48 Å². The first-order valence-electron chi connectivity index (χ1n) is 6.22. The van der Waals surface area contributed by atoms with Crippen molar-refractivity contribution in [2.45, 2.75) is 12.8 Å². The summed E-state index contributed by atoms with van der Waals surface area (Å²) in [5, 5.41) is 4.98. The molecule has 1 aromatic carbocycles. The number of para-hydroxylation sites is 1. The summed E-state index contributed by atoms with van der Waals surface area (Å²) in [7, 11) is 1.88. The van der Waals surface area contributed by atoms with Gasteiger partial charge < -0.3 is 4.42 Å². The average molecular weight is 254 g/mol. The van der Waals surface area contributed by atoms with E-state index in [9.17, 15) is 4.79 Å². The molecule has 2 heterocycles. The first kappa shape index (κ1) is 11.7. The Morgan fingerprint density at radius 2 is 2.16 bits per heavy atom. The normalized spacial score (nSPS) is 11.0. The molecule has 4 nitrogen and oxygen atoms in total. The highest BCUT2D eigenvalue weighted by Crippen LogP contribution is 2.22. The van der Waals surface area contributed by atoms with E-state index in [1.54, 1.807) is 17.1 Å². The highest BCUT2D eigenvalue weighted by Gasteiger charge is 2.13. The lowest BCUT2D eigenvalue weighted by Crippen LogP contribution is -2.04. The van der Waals surface area contributed by atoms with Crippen molar-refractivity contribution in [3.63, 3.8) is 0 Å². The zero-order valence-electron chi connectivity index (χ0n) is 10.7. The number of fused-ring (bicyclic) bond motifs is 1. The van der Waals surface area contributed by atoms with E-state index in [1.807, 2.05) is 37.4 Å². The molecule has 0 atom stereocenters. The summed E-state index contributed by atoms with van der Waals surface area (Å²) in [4.78, 5) is 12.2. The number of hydrogen-bond acceptors (Lipinski definition) is 3. The summed E-state index contributed by atoms with van der Waals surface area (Å²) in [6.07, 6.45) is 4.45. The fraction of sp³-hybridized carbons (Fsp3) is 0.200. The van der Waals surface area contributed by atoms with Gasteiger partial charge in [0.25, 0.3) is 0 Å². The molecule has 4 heteroatoms. The summed E-state index contributed by atoms with van der Waals surface area (Å²) in [6.45, 7) is 0. The van der Waals surface area contributed by atoms with E-state index >= 15 is 0 Å². The van der Waals surface area contributed by atoms with E-state index in [4.69, 9.17) is 4.42 Å². The number of furan rings is 1. The molecule has 96 valence electrons. The lowest BCUT2D eigenvalue weighted by atomic mass is 10.0. The van der Waals surface area contributed by atoms with E-state index in [0.717, 1.165) is 16.7 Å². The van der Waals surface area contributed by atoms with Crippen LogP contribution in [0.25, 0.3) is 11.0 Å². The fourth-order valence-electron chi connectivity index (χ4n) is 2.22. The van der Waals surface area contributed by atoms with Gasteiger partial charge in [-0.1, -0.05) is 18.2 Å². The number of nitrogens with zero attached hydrogens (tertiary/aromatic N) is 2. The van der Waals surface area contributed by atoms with Crippen LogP contribution in [0.15, 0.2) is 47.2 Å². The maximum Gasteiger partial charge on any atom is 0.167 e. The van der Waals surface area contributed by atoms with Crippen LogP contribution in [-0.2, 0) is 13.5 Å². The molecule has 0 N–H and O–H groups in total. The Balaban J connectivity index is 1.79. The highest BCUT2D eigenvalue weighted by atomic mass is 16.3. The fourth-order valence-corrected chi connectivity index (χ4v) is 2.22. The minimum Gasteiger partial charge on any atom is -0.464 e. The van der Waals surface area contributed by atoms with Crippen LogP contribution >= 0.6 is 0 Å².